The summed E-state index contributed by atoms with van der Waals surface area (Å²) >= 11 is 3.40. The molecule has 5 rings (SSSR count). The van der Waals surface area contributed by atoms with E-state index in [2.05, 4.69) is 31.0 Å². The molecule has 0 saturated heterocycles. The van der Waals surface area contributed by atoms with Gasteiger partial charge in [0.15, 0.2) is 0 Å². The summed E-state index contributed by atoms with van der Waals surface area (Å²) in [6.07, 6.45) is 1.66. The van der Waals surface area contributed by atoms with Crippen molar-refractivity contribution in [1.82, 2.24) is 9.99 Å². The van der Waals surface area contributed by atoms with Gasteiger partial charge in [-0.3, -0.25) is 4.79 Å². The van der Waals surface area contributed by atoms with Crippen molar-refractivity contribution < 1.29 is 14.3 Å². The van der Waals surface area contributed by atoms with Gasteiger partial charge in [-0.15, -0.1) is 0 Å². The topological polar surface area (TPSA) is 72.7 Å². The molecule has 0 aliphatic rings. The maximum Gasteiger partial charge on any atom is 0.338 e. The van der Waals surface area contributed by atoms with Crippen LogP contribution in [-0.4, -0.2) is 29.3 Å². The lowest BCUT2D eigenvalue weighted by molar-refractivity contribution is 0.0526. The van der Waals surface area contributed by atoms with Crippen molar-refractivity contribution in [3.63, 3.8) is 0 Å². The van der Waals surface area contributed by atoms with Crippen LogP contribution in [0.3, 0.4) is 0 Å². The van der Waals surface area contributed by atoms with Crippen LogP contribution in [0.25, 0.3) is 28.2 Å². The molecule has 40 heavy (non-hydrogen) atoms. The van der Waals surface area contributed by atoms with Crippen molar-refractivity contribution in [2.24, 2.45) is 5.10 Å². The molecule has 4 aromatic carbocycles. The van der Waals surface area contributed by atoms with Crippen LogP contribution in [0.5, 0.6) is 0 Å². The molecule has 1 aromatic heterocycles. The summed E-state index contributed by atoms with van der Waals surface area (Å²) in [5.74, 6) is -0.668. The van der Waals surface area contributed by atoms with E-state index in [1.165, 1.54) is 0 Å². The van der Waals surface area contributed by atoms with Crippen LogP contribution in [0.4, 0.5) is 0 Å². The number of esters is 1. The molecule has 0 bridgehead atoms. The van der Waals surface area contributed by atoms with Crippen LogP contribution < -0.4 is 5.43 Å². The van der Waals surface area contributed by atoms with E-state index in [0.717, 1.165) is 38.2 Å². The van der Waals surface area contributed by atoms with E-state index in [9.17, 15) is 9.59 Å². The first-order valence-corrected chi connectivity index (χ1v) is 13.6. The average molecular weight is 592 g/mol. The number of rotatable bonds is 8. The number of carbonyl (C=O) groups is 2. The number of ether oxygens (including phenoxy) is 1. The highest BCUT2D eigenvalue weighted by Gasteiger charge is 2.19. The molecule has 6 nitrogen and oxygen atoms in total. The zero-order valence-electron chi connectivity index (χ0n) is 21.8. The highest BCUT2D eigenvalue weighted by atomic mass is 79.9. The van der Waals surface area contributed by atoms with Crippen molar-refractivity contribution in [3.8, 4) is 28.2 Å². The summed E-state index contributed by atoms with van der Waals surface area (Å²) in [5.41, 5.74) is 9.11. The Morgan fingerprint density at radius 2 is 1.50 bits per heavy atom. The quantitative estimate of drug-likeness (QED) is 0.115. The van der Waals surface area contributed by atoms with Gasteiger partial charge in [0.1, 0.15) is 0 Å². The van der Waals surface area contributed by atoms with Crippen LogP contribution in [0.15, 0.2) is 125 Å². The molecule has 0 fully saturated rings. The summed E-state index contributed by atoms with van der Waals surface area (Å²) in [4.78, 5) is 25.0. The summed E-state index contributed by atoms with van der Waals surface area (Å²) in [5, 5.41) is 4.32. The van der Waals surface area contributed by atoms with Gasteiger partial charge in [-0.25, -0.2) is 10.2 Å². The molecule has 0 spiro atoms. The van der Waals surface area contributed by atoms with Gasteiger partial charge in [-0.1, -0.05) is 82.7 Å². The van der Waals surface area contributed by atoms with Crippen molar-refractivity contribution in [2.75, 3.05) is 6.61 Å². The molecule has 0 atom stereocenters. The standard InChI is InChI=1S/C33H26BrN3O3/c1-2-40-33(39)25-16-18-29(19-17-25)37-30(23-10-5-3-6-11-23)21-27(31(37)24-12-7-4-8-13-24)22-35-36-32(38)26-14-9-15-28(34)20-26/h3-22H,2H2,1H3,(H,36,38)/b35-22-. The van der Waals surface area contributed by atoms with E-state index in [0.29, 0.717) is 17.7 Å². The molecule has 1 N–H and O–H groups in total. The maximum absolute atomic E-state index is 12.7. The molecule has 1 amide bonds. The highest BCUT2D eigenvalue weighted by Crippen LogP contribution is 2.35. The normalized spacial score (nSPS) is 10.9. The van der Waals surface area contributed by atoms with E-state index in [-0.39, 0.29) is 11.9 Å². The Kier molecular flexibility index (Phi) is 8.32. The predicted octanol–water partition coefficient (Wildman–Crippen LogP) is 7.51. The molecule has 0 radical (unpaired) electrons. The lowest BCUT2D eigenvalue weighted by Crippen LogP contribution is -2.17. The number of amides is 1. The van der Waals surface area contributed by atoms with E-state index in [1.807, 2.05) is 84.9 Å². The van der Waals surface area contributed by atoms with Crippen LogP contribution in [0.2, 0.25) is 0 Å². The SMILES string of the molecule is CCOC(=O)c1ccc(-n2c(-c3ccccc3)cc(/C=N\NC(=O)c3cccc(Br)c3)c2-c2ccccc2)cc1. The number of aromatic nitrogens is 1. The summed E-state index contributed by atoms with van der Waals surface area (Å²) in [6.45, 7) is 2.10. The van der Waals surface area contributed by atoms with Crippen molar-refractivity contribution in [1.29, 1.82) is 0 Å². The number of nitrogens with one attached hydrogen (secondary N) is 1. The fourth-order valence-corrected chi connectivity index (χ4v) is 4.82. The third kappa shape index (κ3) is 5.95. The Balaban J connectivity index is 1.62. The minimum absolute atomic E-state index is 0.309. The molecule has 198 valence electrons. The van der Waals surface area contributed by atoms with Crippen molar-refractivity contribution in [2.45, 2.75) is 6.92 Å². The van der Waals surface area contributed by atoms with Crippen LogP contribution in [0, 0.1) is 0 Å². The molecule has 7 heteroatoms. The van der Waals surface area contributed by atoms with Gasteiger partial charge in [0.05, 0.1) is 29.8 Å². The zero-order valence-corrected chi connectivity index (χ0v) is 23.3. The molecule has 0 unspecified atom stereocenters. The maximum atomic E-state index is 12.7. The van der Waals surface area contributed by atoms with Crippen molar-refractivity contribution in [3.05, 3.63) is 136 Å². The highest BCUT2D eigenvalue weighted by molar-refractivity contribution is 9.10. The number of hydrogen-bond donors (Lipinski definition) is 1. The minimum atomic E-state index is -0.359. The largest absolute Gasteiger partial charge is 0.462 e. The Morgan fingerprint density at radius 3 is 2.15 bits per heavy atom. The lowest BCUT2D eigenvalue weighted by atomic mass is 10.1. The molecule has 5 aromatic rings. The monoisotopic (exact) mass is 591 g/mol. The summed E-state index contributed by atoms with van der Waals surface area (Å²) in [7, 11) is 0. The van der Waals surface area contributed by atoms with Gasteiger partial charge in [-0.05, 0) is 66.6 Å². The van der Waals surface area contributed by atoms with Crippen LogP contribution in [0.1, 0.15) is 33.2 Å². The minimum Gasteiger partial charge on any atom is -0.462 e. The second-order valence-corrected chi connectivity index (χ2v) is 9.79. The van der Waals surface area contributed by atoms with Gasteiger partial charge in [0.2, 0.25) is 0 Å². The molecule has 0 aliphatic heterocycles. The van der Waals surface area contributed by atoms with E-state index >= 15 is 0 Å². The number of nitrogens with zero attached hydrogens (tertiary/aromatic N) is 2. The fraction of sp³-hybridized carbons (Fsp3) is 0.0606. The van der Waals surface area contributed by atoms with E-state index in [4.69, 9.17) is 4.74 Å². The number of hydrazone groups is 1. The smallest absolute Gasteiger partial charge is 0.338 e. The van der Waals surface area contributed by atoms with Crippen LogP contribution >= 0.6 is 15.9 Å². The van der Waals surface area contributed by atoms with Gasteiger partial charge < -0.3 is 9.30 Å². The number of benzene rings is 4. The Hall–Kier alpha value is -4.75. The number of hydrogen-bond acceptors (Lipinski definition) is 4. The predicted molar refractivity (Wildman–Crippen MR) is 162 cm³/mol. The molecule has 1 heterocycles. The van der Waals surface area contributed by atoms with Gasteiger partial charge in [0, 0.05) is 21.3 Å². The molecule has 0 saturated carbocycles. The van der Waals surface area contributed by atoms with Gasteiger partial charge >= 0.3 is 5.97 Å². The van der Waals surface area contributed by atoms with Crippen molar-refractivity contribution >= 4 is 34.0 Å². The molecular weight excluding hydrogens is 566 g/mol. The Morgan fingerprint density at radius 1 is 0.825 bits per heavy atom. The Labute approximate surface area is 241 Å². The second kappa shape index (κ2) is 12.4. The third-order valence-corrected chi connectivity index (χ3v) is 6.73. The van der Waals surface area contributed by atoms with Gasteiger partial charge in [0.25, 0.3) is 5.91 Å². The zero-order chi connectivity index (χ0) is 27.9. The fourth-order valence-electron chi connectivity index (χ4n) is 4.43. The summed E-state index contributed by atoms with van der Waals surface area (Å²) < 4.78 is 8.12. The molecular formula is C33H26BrN3O3. The summed E-state index contributed by atoms with van der Waals surface area (Å²) in [6, 6.07) is 36.6. The number of halogens is 1. The first kappa shape index (κ1) is 26.8. The molecule has 0 aliphatic carbocycles. The van der Waals surface area contributed by atoms with E-state index < -0.39 is 0 Å². The van der Waals surface area contributed by atoms with Crippen LogP contribution in [-0.2, 0) is 4.74 Å². The number of carbonyl (C=O) groups excluding carboxylic acids is 2. The second-order valence-electron chi connectivity index (χ2n) is 8.88. The average Bonchev–Trinajstić information content (AvgIpc) is 3.37. The first-order chi connectivity index (χ1) is 19.5. The lowest BCUT2D eigenvalue weighted by Gasteiger charge is -2.15. The first-order valence-electron chi connectivity index (χ1n) is 12.8. The van der Waals surface area contributed by atoms with Gasteiger partial charge in [-0.2, -0.15) is 5.10 Å². The third-order valence-electron chi connectivity index (χ3n) is 6.24. The van der Waals surface area contributed by atoms with E-state index in [1.54, 1.807) is 43.5 Å². The Bertz CT molecular complexity index is 1660.